The van der Waals surface area contributed by atoms with Crippen molar-refractivity contribution in [3.8, 4) is 0 Å². The minimum Gasteiger partial charge on any atom is -0.459 e. The Kier molecular flexibility index (Phi) is 5.28. The van der Waals surface area contributed by atoms with Crippen molar-refractivity contribution in [2.45, 2.75) is 18.9 Å². The Hall–Kier alpha value is -3.81. The molecule has 1 fully saturated rings. The number of piperidine rings is 1. The van der Waals surface area contributed by atoms with Gasteiger partial charge in [0, 0.05) is 56.6 Å². The molecule has 1 aromatic carbocycles. The third-order valence-electron chi connectivity index (χ3n) is 6.52. The lowest BCUT2D eigenvalue weighted by atomic mass is 9.83. The number of benzene rings is 1. The van der Waals surface area contributed by atoms with Gasteiger partial charge in [0.15, 0.2) is 5.76 Å². The van der Waals surface area contributed by atoms with E-state index in [0.29, 0.717) is 25.2 Å². The molecule has 0 radical (unpaired) electrons. The van der Waals surface area contributed by atoms with Crippen molar-refractivity contribution in [3.63, 3.8) is 0 Å². The normalized spacial score (nSPS) is 19.0. The molecule has 1 saturated heterocycles. The van der Waals surface area contributed by atoms with Crippen molar-refractivity contribution < 1.29 is 14.0 Å². The number of rotatable bonds is 4. The number of fused-ring (bicyclic) bond motifs is 4. The van der Waals surface area contributed by atoms with E-state index in [1.54, 1.807) is 22.8 Å². The van der Waals surface area contributed by atoms with Crippen molar-refractivity contribution >= 4 is 23.2 Å². The van der Waals surface area contributed by atoms with E-state index < -0.39 is 5.91 Å². The van der Waals surface area contributed by atoms with Gasteiger partial charge in [-0.1, -0.05) is 0 Å². The smallest absolute Gasteiger partial charge is 0.291 e. The number of furan rings is 1. The van der Waals surface area contributed by atoms with Crippen LogP contribution in [0, 0.1) is 5.92 Å². The Labute approximate surface area is 191 Å². The van der Waals surface area contributed by atoms with Crippen LogP contribution in [0.1, 0.15) is 38.9 Å². The maximum Gasteiger partial charge on any atom is 0.291 e. The van der Waals surface area contributed by atoms with Gasteiger partial charge in [-0.15, -0.1) is 0 Å². The second-order valence-corrected chi connectivity index (χ2v) is 8.97. The fourth-order valence-electron chi connectivity index (χ4n) is 4.88. The molecule has 2 amide bonds. The molecule has 2 unspecified atom stereocenters. The number of aromatic nitrogens is 1. The molecule has 170 valence electrons. The molecular weight excluding hydrogens is 420 g/mol. The Bertz CT molecular complexity index is 1240. The second-order valence-electron chi connectivity index (χ2n) is 8.97. The summed E-state index contributed by atoms with van der Waals surface area (Å²) in [5, 5.41) is 2.66. The van der Waals surface area contributed by atoms with Gasteiger partial charge >= 0.3 is 0 Å². The first-order valence-corrected chi connectivity index (χ1v) is 11.1. The third-order valence-corrected chi connectivity index (χ3v) is 6.52. The fraction of sp³-hybridized carbons (Fsp3) is 0.320. The average molecular weight is 447 g/mol. The van der Waals surface area contributed by atoms with E-state index in [-0.39, 0.29) is 34.7 Å². The molecule has 1 N–H and O–H groups in total. The number of likely N-dealkylation sites (tertiary alicyclic amines) is 1. The maximum atomic E-state index is 13.2. The molecule has 4 heterocycles. The fourth-order valence-corrected chi connectivity index (χ4v) is 4.88. The van der Waals surface area contributed by atoms with Gasteiger partial charge in [0.2, 0.25) is 0 Å². The summed E-state index contributed by atoms with van der Waals surface area (Å²) in [7, 11) is 3.94. The molecule has 2 bridgehead atoms. The lowest BCUT2D eigenvalue weighted by Crippen LogP contribution is -2.49. The van der Waals surface area contributed by atoms with Crippen LogP contribution in [-0.4, -0.2) is 48.5 Å². The largest absolute Gasteiger partial charge is 0.459 e. The lowest BCUT2D eigenvalue weighted by molar-refractivity contribution is 0.0594. The maximum absolute atomic E-state index is 13.2. The standard InChI is InChI=1S/C25H26N4O4/c1-27(2)19-7-5-17(6-8-19)24(31)28-13-16-12-18(15-28)21-10-9-20(25(32)29(21)14-16)26-23(30)22-4-3-11-33-22/h3-11,16,18H,12-15H2,1-2H3,(H,26,30). The number of hydrogen-bond acceptors (Lipinski definition) is 5. The molecular formula is C25H26N4O4. The van der Waals surface area contributed by atoms with Crippen molar-refractivity contribution in [2.75, 3.05) is 37.4 Å². The van der Waals surface area contributed by atoms with Gasteiger partial charge in [-0.3, -0.25) is 14.4 Å². The molecule has 5 rings (SSSR count). The molecule has 0 saturated carbocycles. The van der Waals surface area contributed by atoms with Crippen LogP contribution in [0.5, 0.6) is 0 Å². The van der Waals surface area contributed by atoms with Crippen LogP contribution in [0.3, 0.4) is 0 Å². The van der Waals surface area contributed by atoms with E-state index in [4.69, 9.17) is 4.42 Å². The minimum atomic E-state index is -0.453. The first kappa shape index (κ1) is 21.1. The predicted molar refractivity (Wildman–Crippen MR) is 125 cm³/mol. The highest BCUT2D eigenvalue weighted by molar-refractivity contribution is 6.02. The molecule has 8 nitrogen and oxygen atoms in total. The van der Waals surface area contributed by atoms with Crippen LogP contribution in [0.25, 0.3) is 0 Å². The molecule has 8 heteroatoms. The molecule has 0 aliphatic carbocycles. The van der Waals surface area contributed by atoms with E-state index in [1.807, 2.05) is 54.2 Å². The minimum absolute atomic E-state index is 0.0214. The van der Waals surface area contributed by atoms with E-state index in [2.05, 4.69) is 5.32 Å². The Morgan fingerprint density at radius 3 is 2.52 bits per heavy atom. The van der Waals surface area contributed by atoms with Crippen molar-refractivity contribution in [2.24, 2.45) is 5.92 Å². The summed E-state index contributed by atoms with van der Waals surface area (Å²) >= 11 is 0. The van der Waals surface area contributed by atoms with Gasteiger partial charge in [-0.25, -0.2) is 0 Å². The van der Waals surface area contributed by atoms with Gasteiger partial charge in [0.1, 0.15) is 5.69 Å². The Morgan fingerprint density at radius 1 is 1.03 bits per heavy atom. The van der Waals surface area contributed by atoms with Crippen molar-refractivity contribution in [3.05, 3.63) is 82.2 Å². The summed E-state index contributed by atoms with van der Waals surface area (Å²) in [5.41, 5.74) is 2.64. The number of hydrogen-bond donors (Lipinski definition) is 1. The highest BCUT2D eigenvalue weighted by Gasteiger charge is 2.37. The van der Waals surface area contributed by atoms with E-state index >= 15 is 0 Å². The second kappa shape index (κ2) is 8.27. The van der Waals surface area contributed by atoms with Crippen LogP contribution < -0.4 is 15.8 Å². The number of carbonyl (C=O) groups excluding carboxylic acids is 2. The summed E-state index contributed by atoms with van der Waals surface area (Å²) in [6.45, 7) is 1.71. The van der Waals surface area contributed by atoms with Gasteiger partial charge in [-0.05, 0) is 60.9 Å². The number of carbonyl (C=O) groups is 2. The quantitative estimate of drug-likeness (QED) is 0.666. The van der Waals surface area contributed by atoms with E-state index in [0.717, 1.165) is 17.8 Å². The zero-order valence-corrected chi connectivity index (χ0v) is 18.7. The topological polar surface area (TPSA) is 87.8 Å². The number of amides is 2. The first-order chi connectivity index (χ1) is 15.9. The molecule has 2 aliphatic rings. The summed E-state index contributed by atoms with van der Waals surface area (Å²) in [6, 6.07) is 14.4. The first-order valence-electron chi connectivity index (χ1n) is 11.1. The highest BCUT2D eigenvalue weighted by atomic mass is 16.3. The summed E-state index contributed by atoms with van der Waals surface area (Å²) in [6.07, 6.45) is 2.36. The molecule has 2 aromatic heterocycles. The number of anilines is 2. The number of nitrogens with one attached hydrogen (secondary N) is 1. The zero-order valence-electron chi connectivity index (χ0n) is 18.7. The Morgan fingerprint density at radius 2 is 1.82 bits per heavy atom. The van der Waals surface area contributed by atoms with Gasteiger partial charge in [0.05, 0.1) is 6.26 Å². The Balaban J connectivity index is 1.35. The van der Waals surface area contributed by atoms with Gasteiger partial charge in [0.25, 0.3) is 17.4 Å². The lowest BCUT2D eigenvalue weighted by Gasteiger charge is -2.43. The number of nitrogens with zero attached hydrogens (tertiary/aromatic N) is 3. The number of pyridine rings is 1. The molecule has 33 heavy (non-hydrogen) atoms. The van der Waals surface area contributed by atoms with Crippen molar-refractivity contribution in [1.29, 1.82) is 0 Å². The summed E-state index contributed by atoms with van der Waals surface area (Å²) < 4.78 is 6.86. The zero-order chi connectivity index (χ0) is 23.1. The van der Waals surface area contributed by atoms with Crippen LogP contribution in [0.2, 0.25) is 0 Å². The van der Waals surface area contributed by atoms with Crippen molar-refractivity contribution in [1.82, 2.24) is 9.47 Å². The highest BCUT2D eigenvalue weighted by Crippen LogP contribution is 2.36. The monoisotopic (exact) mass is 446 g/mol. The molecule has 3 aromatic rings. The average Bonchev–Trinajstić information content (AvgIpc) is 3.36. The summed E-state index contributed by atoms with van der Waals surface area (Å²) in [5.74, 6) is 0.000557. The van der Waals surface area contributed by atoms with Crippen LogP contribution >= 0.6 is 0 Å². The third kappa shape index (κ3) is 3.92. The van der Waals surface area contributed by atoms with Gasteiger partial charge < -0.3 is 24.1 Å². The van der Waals surface area contributed by atoms with Gasteiger partial charge in [-0.2, -0.15) is 0 Å². The molecule has 0 spiro atoms. The summed E-state index contributed by atoms with van der Waals surface area (Å²) in [4.78, 5) is 42.5. The van der Waals surface area contributed by atoms with E-state index in [9.17, 15) is 14.4 Å². The molecule has 2 aliphatic heterocycles. The predicted octanol–water partition coefficient (Wildman–Crippen LogP) is 3.02. The van der Waals surface area contributed by atoms with Crippen LogP contribution in [-0.2, 0) is 6.54 Å². The SMILES string of the molecule is CN(C)c1ccc(C(=O)N2CC3CC(C2)c2ccc(NC(=O)c4ccco4)c(=O)n2C3)cc1. The van der Waals surface area contributed by atoms with Crippen LogP contribution in [0.15, 0.2) is 64.0 Å². The molecule has 2 atom stereocenters. The van der Waals surface area contributed by atoms with E-state index in [1.165, 1.54) is 6.26 Å². The van der Waals surface area contributed by atoms with Crippen LogP contribution in [0.4, 0.5) is 11.4 Å².